The highest BCUT2D eigenvalue weighted by atomic mass is 16.5. The highest BCUT2D eigenvalue weighted by Crippen LogP contribution is 2.31. The quantitative estimate of drug-likeness (QED) is 0.149. The van der Waals surface area contributed by atoms with Crippen molar-refractivity contribution in [1.29, 1.82) is 0 Å². The number of hydrogen-bond donors (Lipinski definition) is 2. The van der Waals surface area contributed by atoms with Crippen molar-refractivity contribution in [2.75, 3.05) is 35.2 Å². The summed E-state index contributed by atoms with van der Waals surface area (Å²) in [7, 11) is 2.03. The summed E-state index contributed by atoms with van der Waals surface area (Å²) in [6, 6.07) is 19.6. The maximum absolute atomic E-state index is 12.5. The number of pyridine rings is 1. The van der Waals surface area contributed by atoms with E-state index in [0.29, 0.717) is 18.2 Å². The topological polar surface area (TPSA) is 129 Å². The van der Waals surface area contributed by atoms with Crippen molar-refractivity contribution in [3.8, 4) is 11.1 Å². The number of ether oxygens (including phenoxy) is 2. The second-order valence-electron chi connectivity index (χ2n) is 13.0. The Morgan fingerprint density at radius 2 is 1.90 bits per heavy atom. The molecule has 0 bridgehead atoms. The SMILES string of the molecule is CCOC(C)n1cc(-c2ccc3nc(N[C@@H]4CCCN(c5nc6cc(NC(=O)OCc7ccccc7)ccc6n5C)C4)nn3c2C(C)C)cn1. The third kappa shape index (κ3) is 6.86. The van der Waals surface area contributed by atoms with Crippen LogP contribution in [0.25, 0.3) is 27.8 Å². The van der Waals surface area contributed by atoms with Crippen LogP contribution in [0.4, 0.5) is 22.4 Å². The van der Waals surface area contributed by atoms with Crippen molar-refractivity contribution >= 4 is 40.4 Å². The van der Waals surface area contributed by atoms with Gasteiger partial charge in [0.15, 0.2) is 5.65 Å². The van der Waals surface area contributed by atoms with Crippen LogP contribution >= 0.6 is 0 Å². The number of imidazole rings is 1. The molecule has 50 heavy (non-hydrogen) atoms. The molecule has 2 aromatic carbocycles. The van der Waals surface area contributed by atoms with Crippen LogP contribution in [0.2, 0.25) is 0 Å². The molecule has 0 saturated carbocycles. The molecule has 1 unspecified atom stereocenters. The third-order valence-corrected chi connectivity index (χ3v) is 9.13. The van der Waals surface area contributed by atoms with Crippen molar-refractivity contribution in [2.24, 2.45) is 7.05 Å². The predicted molar refractivity (Wildman–Crippen MR) is 194 cm³/mol. The van der Waals surface area contributed by atoms with Gasteiger partial charge in [0.1, 0.15) is 12.8 Å². The molecule has 1 amide bonds. The average molecular weight is 677 g/mol. The van der Waals surface area contributed by atoms with Crippen LogP contribution in [0.5, 0.6) is 0 Å². The van der Waals surface area contributed by atoms with E-state index in [2.05, 4.69) is 45.1 Å². The minimum absolute atomic E-state index is 0.137. The second-order valence-corrected chi connectivity index (χ2v) is 13.0. The Hall–Kier alpha value is -5.43. The monoisotopic (exact) mass is 676 g/mol. The van der Waals surface area contributed by atoms with Crippen molar-refractivity contribution in [2.45, 2.75) is 65.3 Å². The number of nitrogens with zero attached hydrogens (tertiary/aromatic N) is 8. The fourth-order valence-electron chi connectivity index (χ4n) is 6.70. The molecule has 1 saturated heterocycles. The van der Waals surface area contributed by atoms with Gasteiger partial charge in [0.05, 0.1) is 22.9 Å². The van der Waals surface area contributed by atoms with Crippen LogP contribution in [0, 0.1) is 0 Å². The Kier molecular flexibility index (Phi) is 9.40. The normalized spacial score (nSPS) is 15.6. The van der Waals surface area contributed by atoms with Gasteiger partial charge in [0, 0.05) is 55.8 Å². The molecule has 260 valence electrons. The van der Waals surface area contributed by atoms with Crippen LogP contribution in [0.15, 0.2) is 73.1 Å². The Labute approximate surface area is 291 Å². The smallest absolute Gasteiger partial charge is 0.411 e. The van der Waals surface area contributed by atoms with E-state index in [0.717, 1.165) is 70.9 Å². The first-order valence-electron chi connectivity index (χ1n) is 17.3. The predicted octanol–water partition coefficient (Wildman–Crippen LogP) is 6.99. The van der Waals surface area contributed by atoms with E-state index in [1.165, 1.54) is 0 Å². The molecule has 7 rings (SSSR count). The van der Waals surface area contributed by atoms with E-state index in [1.54, 1.807) is 0 Å². The molecule has 0 radical (unpaired) electrons. The molecule has 0 aliphatic carbocycles. The summed E-state index contributed by atoms with van der Waals surface area (Å²) < 4.78 is 17.0. The summed E-state index contributed by atoms with van der Waals surface area (Å²) in [5.41, 5.74) is 7.32. The summed E-state index contributed by atoms with van der Waals surface area (Å²) in [4.78, 5) is 24.6. The summed E-state index contributed by atoms with van der Waals surface area (Å²) in [5, 5.41) is 16.0. The Balaban J connectivity index is 1.05. The van der Waals surface area contributed by atoms with Crippen molar-refractivity contribution < 1.29 is 14.3 Å². The van der Waals surface area contributed by atoms with Gasteiger partial charge in [0.25, 0.3) is 0 Å². The zero-order valence-corrected chi connectivity index (χ0v) is 29.2. The second kappa shape index (κ2) is 14.2. The van der Waals surface area contributed by atoms with Gasteiger partial charge in [-0.3, -0.25) is 5.32 Å². The third-order valence-electron chi connectivity index (χ3n) is 9.13. The van der Waals surface area contributed by atoms with Crippen molar-refractivity contribution in [3.05, 3.63) is 84.3 Å². The lowest BCUT2D eigenvalue weighted by Crippen LogP contribution is -2.43. The highest BCUT2D eigenvalue weighted by Gasteiger charge is 2.26. The number of rotatable bonds is 11. The van der Waals surface area contributed by atoms with E-state index in [-0.39, 0.29) is 24.8 Å². The molecule has 0 spiro atoms. The number of hydrogen-bond acceptors (Lipinski definition) is 9. The number of benzene rings is 2. The maximum Gasteiger partial charge on any atom is 0.411 e. The molecule has 13 heteroatoms. The minimum Gasteiger partial charge on any atom is -0.444 e. The lowest BCUT2D eigenvalue weighted by molar-refractivity contribution is 0.0160. The van der Waals surface area contributed by atoms with Crippen molar-refractivity contribution in [3.63, 3.8) is 0 Å². The number of carbonyl (C=O) groups is 1. The molecule has 2 N–H and O–H groups in total. The lowest BCUT2D eigenvalue weighted by Gasteiger charge is -2.33. The maximum atomic E-state index is 12.5. The van der Waals surface area contributed by atoms with Gasteiger partial charge >= 0.3 is 6.09 Å². The molecule has 6 aromatic rings. The number of aryl methyl sites for hydroxylation is 1. The number of anilines is 3. The number of amides is 1. The number of piperidine rings is 1. The zero-order chi connectivity index (χ0) is 34.8. The molecule has 1 aliphatic heterocycles. The average Bonchev–Trinajstić information content (AvgIpc) is 3.85. The summed E-state index contributed by atoms with van der Waals surface area (Å²) in [6.45, 7) is 10.8. The Morgan fingerprint density at radius 1 is 1.06 bits per heavy atom. The van der Waals surface area contributed by atoms with Crippen LogP contribution < -0.4 is 15.5 Å². The fraction of sp³-hybridized carbons (Fsp3) is 0.378. The molecule has 13 nitrogen and oxygen atoms in total. The summed E-state index contributed by atoms with van der Waals surface area (Å²) in [6.07, 6.45) is 5.26. The van der Waals surface area contributed by atoms with Gasteiger partial charge in [-0.1, -0.05) is 44.2 Å². The highest BCUT2D eigenvalue weighted by molar-refractivity contribution is 5.89. The summed E-state index contributed by atoms with van der Waals surface area (Å²) in [5.74, 6) is 1.69. The molecular formula is C37H44N10O3. The first-order chi connectivity index (χ1) is 24.3. The largest absolute Gasteiger partial charge is 0.444 e. The van der Waals surface area contributed by atoms with E-state index in [1.807, 2.05) is 97.1 Å². The van der Waals surface area contributed by atoms with Gasteiger partial charge < -0.3 is 24.3 Å². The molecule has 2 atom stereocenters. The molecule has 4 aromatic heterocycles. The van der Waals surface area contributed by atoms with E-state index >= 15 is 0 Å². The van der Waals surface area contributed by atoms with Crippen LogP contribution in [0.3, 0.4) is 0 Å². The summed E-state index contributed by atoms with van der Waals surface area (Å²) >= 11 is 0. The standard InChI is InChI=1S/C37H44N10O3/c1-6-49-25(4)46-21-27(20-38-46)30-15-17-33-42-35(43-47(33)34(30)24(2)3)39-29-13-10-18-45(22-29)36-41-31-19-28(14-16-32(31)44(36)5)40-37(48)50-23-26-11-8-7-9-12-26/h7-9,11-12,14-17,19-21,24-25,29H,6,10,13,18,22-23H2,1-5H3,(H,39,43)(H,40,48)/t25?,29-/m1/s1. The Bertz CT molecular complexity index is 2100. The number of aromatic nitrogens is 7. The Morgan fingerprint density at radius 3 is 2.70 bits per heavy atom. The lowest BCUT2D eigenvalue weighted by atomic mass is 10.00. The molecule has 1 aliphatic rings. The van der Waals surface area contributed by atoms with Crippen LogP contribution in [0.1, 0.15) is 63.9 Å². The first kappa shape index (κ1) is 33.1. The van der Waals surface area contributed by atoms with E-state index in [4.69, 9.17) is 24.5 Å². The van der Waals surface area contributed by atoms with Gasteiger partial charge in [-0.15, -0.1) is 5.10 Å². The number of nitrogens with one attached hydrogen (secondary N) is 2. The number of carbonyl (C=O) groups excluding carboxylic acids is 1. The molecule has 1 fully saturated rings. The number of fused-ring (bicyclic) bond motifs is 2. The molecule has 5 heterocycles. The van der Waals surface area contributed by atoms with Gasteiger partial charge in [-0.2, -0.15) is 10.1 Å². The van der Waals surface area contributed by atoms with Gasteiger partial charge in [0.2, 0.25) is 11.9 Å². The first-order valence-corrected chi connectivity index (χ1v) is 17.3. The van der Waals surface area contributed by atoms with Gasteiger partial charge in [-0.25, -0.2) is 19.0 Å². The zero-order valence-electron chi connectivity index (χ0n) is 29.2. The van der Waals surface area contributed by atoms with Gasteiger partial charge in [-0.05, 0) is 68.5 Å². The minimum atomic E-state index is -0.505. The van der Waals surface area contributed by atoms with E-state index < -0.39 is 6.09 Å². The fourth-order valence-corrected chi connectivity index (χ4v) is 6.70. The van der Waals surface area contributed by atoms with Crippen molar-refractivity contribution in [1.82, 2.24) is 33.9 Å². The molecular weight excluding hydrogens is 632 g/mol. The van der Waals surface area contributed by atoms with E-state index in [9.17, 15) is 4.79 Å². The van der Waals surface area contributed by atoms with Crippen LogP contribution in [-0.4, -0.2) is 65.8 Å². The van der Waals surface area contributed by atoms with Crippen LogP contribution in [-0.2, 0) is 23.1 Å².